The SMILES string of the molecule is O=C(NC(Cc1cc(=O)[nH]c(-c2ccccn2)n1)c1ccccc1)C1CCC1. The van der Waals surface area contributed by atoms with Crippen LogP contribution >= 0.6 is 0 Å². The van der Waals surface area contributed by atoms with Crippen LogP contribution in [0.2, 0.25) is 0 Å². The van der Waals surface area contributed by atoms with E-state index in [0.29, 0.717) is 23.6 Å². The van der Waals surface area contributed by atoms with E-state index in [9.17, 15) is 9.59 Å². The van der Waals surface area contributed by atoms with Crippen LogP contribution in [0.3, 0.4) is 0 Å². The molecule has 1 aliphatic rings. The number of nitrogens with zero attached hydrogens (tertiary/aromatic N) is 2. The van der Waals surface area contributed by atoms with Crippen molar-refractivity contribution in [3.05, 3.63) is 82.4 Å². The first kappa shape index (κ1) is 18.1. The van der Waals surface area contributed by atoms with Crippen molar-refractivity contribution in [3.63, 3.8) is 0 Å². The molecule has 2 aromatic heterocycles. The number of aromatic amines is 1. The number of hydrogen-bond acceptors (Lipinski definition) is 4. The lowest BCUT2D eigenvalue weighted by Crippen LogP contribution is -2.38. The summed E-state index contributed by atoms with van der Waals surface area (Å²) < 4.78 is 0. The molecule has 28 heavy (non-hydrogen) atoms. The summed E-state index contributed by atoms with van der Waals surface area (Å²) in [4.78, 5) is 36.3. The molecule has 0 spiro atoms. The number of hydrogen-bond donors (Lipinski definition) is 2. The minimum Gasteiger partial charge on any atom is -0.349 e. The van der Waals surface area contributed by atoms with Gasteiger partial charge >= 0.3 is 0 Å². The maximum Gasteiger partial charge on any atom is 0.251 e. The number of carbonyl (C=O) groups excluding carboxylic acids is 1. The normalized spacial score (nSPS) is 14.9. The Morgan fingerprint density at radius 1 is 1.14 bits per heavy atom. The maximum absolute atomic E-state index is 12.5. The van der Waals surface area contributed by atoms with Crippen LogP contribution in [0.4, 0.5) is 0 Å². The molecule has 1 aliphatic carbocycles. The molecular formula is C22H22N4O2. The molecule has 2 N–H and O–H groups in total. The number of nitrogens with one attached hydrogen (secondary N) is 2. The summed E-state index contributed by atoms with van der Waals surface area (Å²) in [6, 6.07) is 16.5. The number of rotatable bonds is 6. The van der Waals surface area contributed by atoms with Crippen molar-refractivity contribution >= 4 is 5.91 Å². The van der Waals surface area contributed by atoms with E-state index in [1.165, 1.54) is 6.07 Å². The van der Waals surface area contributed by atoms with Crippen molar-refractivity contribution in [3.8, 4) is 11.5 Å². The molecule has 1 atom stereocenters. The third-order valence-corrected chi connectivity index (χ3v) is 5.11. The zero-order valence-corrected chi connectivity index (χ0v) is 15.5. The van der Waals surface area contributed by atoms with Crippen LogP contribution in [-0.4, -0.2) is 20.9 Å². The standard InChI is InChI=1S/C22H22N4O2/c27-20-14-17(24-21(26-20)18-11-4-5-12-23-18)13-19(15-7-2-1-3-8-15)25-22(28)16-9-6-10-16/h1-5,7-8,11-12,14,16,19H,6,9-10,13H2,(H,25,28)(H,24,26,27). The lowest BCUT2D eigenvalue weighted by molar-refractivity contribution is -0.128. The molecule has 0 radical (unpaired) electrons. The molecule has 2 heterocycles. The lowest BCUT2D eigenvalue weighted by atomic mass is 9.84. The minimum absolute atomic E-state index is 0.0786. The van der Waals surface area contributed by atoms with Gasteiger partial charge < -0.3 is 10.3 Å². The number of H-pyrrole nitrogens is 1. The third kappa shape index (κ3) is 4.17. The van der Waals surface area contributed by atoms with E-state index >= 15 is 0 Å². The zero-order valence-electron chi connectivity index (χ0n) is 15.5. The Balaban J connectivity index is 1.62. The Bertz CT molecular complexity index is 998. The van der Waals surface area contributed by atoms with Crippen molar-refractivity contribution in [1.82, 2.24) is 20.3 Å². The summed E-state index contributed by atoms with van der Waals surface area (Å²) in [6.45, 7) is 0. The molecule has 1 amide bonds. The maximum atomic E-state index is 12.5. The predicted molar refractivity (Wildman–Crippen MR) is 106 cm³/mol. The Morgan fingerprint density at radius 2 is 1.93 bits per heavy atom. The average Bonchev–Trinajstić information content (AvgIpc) is 2.67. The van der Waals surface area contributed by atoms with Crippen LogP contribution in [-0.2, 0) is 11.2 Å². The second-order valence-electron chi connectivity index (χ2n) is 7.10. The van der Waals surface area contributed by atoms with E-state index in [1.807, 2.05) is 42.5 Å². The van der Waals surface area contributed by atoms with Crippen LogP contribution in [0.5, 0.6) is 0 Å². The molecule has 142 valence electrons. The van der Waals surface area contributed by atoms with E-state index in [1.54, 1.807) is 12.3 Å². The van der Waals surface area contributed by atoms with Crippen LogP contribution in [0, 0.1) is 5.92 Å². The fourth-order valence-electron chi connectivity index (χ4n) is 3.34. The highest BCUT2D eigenvalue weighted by Gasteiger charge is 2.27. The highest BCUT2D eigenvalue weighted by Crippen LogP contribution is 2.28. The van der Waals surface area contributed by atoms with Gasteiger partial charge in [-0.25, -0.2) is 4.98 Å². The average molecular weight is 374 g/mol. The number of aromatic nitrogens is 3. The van der Waals surface area contributed by atoms with Crippen molar-refractivity contribution in [2.45, 2.75) is 31.7 Å². The van der Waals surface area contributed by atoms with Gasteiger partial charge in [-0.3, -0.25) is 14.6 Å². The summed E-state index contributed by atoms with van der Waals surface area (Å²) in [5, 5.41) is 3.16. The van der Waals surface area contributed by atoms with Gasteiger partial charge in [0.15, 0.2) is 5.82 Å². The fourth-order valence-corrected chi connectivity index (χ4v) is 3.34. The monoisotopic (exact) mass is 374 g/mol. The summed E-state index contributed by atoms with van der Waals surface area (Å²) in [6.07, 6.45) is 5.10. The van der Waals surface area contributed by atoms with E-state index in [2.05, 4.69) is 20.3 Å². The Morgan fingerprint density at radius 3 is 2.61 bits per heavy atom. The fraction of sp³-hybridized carbons (Fsp3) is 0.273. The van der Waals surface area contributed by atoms with E-state index in [4.69, 9.17) is 0 Å². The van der Waals surface area contributed by atoms with Gasteiger partial charge in [0, 0.05) is 24.6 Å². The first-order valence-corrected chi connectivity index (χ1v) is 9.56. The molecule has 1 saturated carbocycles. The van der Waals surface area contributed by atoms with Gasteiger partial charge in [-0.15, -0.1) is 0 Å². The zero-order chi connectivity index (χ0) is 19.3. The van der Waals surface area contributed by atoms with Gasteiger partial charge in [0.2, 0.25) is 5.91 Å². The van der Waals surface area contributed by atoms with Gasteiger partial charge in [-0.05, 0) is 30.5 Å². The highest BCUT2D eigenvalue weighted by molar-refractivity contribution is 5.79. The first-order chi connectivity index (χ1) is 13.7. The van der Waals surface area contributed by atoms with E-state index in [-0.39, 0.29) is 23.4 Å². The molecule has 1 fully saturated rings. The van der Waals surface area contributed by atoms with Gasteiger partial charge in [0.1, 0.15) is 5.69 Å². The van der Waals surface area contributed by atoms with Crippen molar-refractivity contribution in [1.29, 1.82) is 0 Å². The second kappa shape index (κ2) is 8.17. The van der Waals surface area contributed by atoms with E-state index < -0.39 is 0 Å². The van der Waals surface area contributed by atoms with Crippen LogP contribution in [0.25, 0.3) is 11.5 Å². The number of carbonyl (C=O) groups is 1. The molecule has 0 aliphatic heterocycles. The predicted octanol–water partition coefficient (Wildman–Crippen LogP) is 3.03. The van der Waals surface area contributed by atoms with Gasteiger partial charge in [0.05, 0.1) is 11.7 Å². The summed E-state index contributed by atoms with van der Waals surface area (Å²) >= 11 is 0. The van der Waals surface area contributed by atoms with Crippen molar-refractivity contribution in [2.24, 2.45) is 5.92 Å². The summed E-state index contributed by atoms with van der Waals surface area (Å²) in [5.41, 5.74) is 1.99. The van der Waals surface area contributed by atoms with Crippen molar-refractivity contribution < 1.29 is 4.79 Å². The Hall–Kier alpha value is -3.28. The molecular weight excluding hydrogens is 352 g/mol. The molecule has 0 saturated heterocycles. The molecule has 1 unspecified atom stereocenters. The minimum atomic E-state index is -0.236. The largest absolute Gasteiger partial charge is 0.349 e. The molecule has 6 nitrogen and oxygen atoms in total. The lowest BCUT2D eigenvalue weighted by Gasteiger charge is -2.27. The van der Waals surface area contributed by atoms with Gasteiger partial charge in [0.25, 0.3) is 5.56 Å². The third-order valence-electron chi connectivity index (χ3n) is 5.11. The second-order valence-corrected chi connectivity index (χ2v) is 7.10. The molecule has 0 bridgehead atoms. The van der Waals surface area contributed by atoms with Gasteiger partial charge in [-0.1, -0.05) is 42.8 Å². The number of benzene rings is 1. The molecule has 1 aromatic carbocycles. The smallest absolute Gasteiger partial charge is 0.251 e. The van der Waals surface area contributed by atoms with Crippen molar-refractivity contribution in [2.75, 3.05) is 0 Å². The highest BCUT2D eigenvalue weighted by atomic mass is 16.2. The van der Waals surface area contributed by atoms with E-state index in [0.717, 1.165) is 24.8 Å². The topological polar surface area (TPSA) is 87.7 Å². The number of pyridine rings is 1. The molecule has 3 aromatic rings. The Labute approximate surface area is 163 Å². The van der Waals surface area contributed by atoms with Crippen LogP contribution < -0.4 is 10.9 Å². The summed E-state index contributed by atoms with van der Waals surface area (Å²) in [7, 11) is 0. The van der Waals surface area contributed by atoms with Crippen LogP contribution in [0.15, 0.2) is 65.6 Å². The molecule has 6 heteroatoms. The molecule has 4 rings (SSSR count). The first-order valence-electron chi connectivity index (χ1n) is 9.56. The van der Waals surface area contributed by atoms with Crippen LogP contribution in [0.1, 0.15) is 36.6 Å². The number of amides is 1. The van der Waals surface area contributed by atoms with Gasteiger partial charge in [-0.2, -0.15) is 0 Å². The quantitative estimate of drug-likeness (QED) is 0.694. The Kier molecular flexibility index (Phi) is 5.28. The summed E-state index contributed by atoms with van der Waals surface area (Å²) in [5.74, 6) is 0.609.